The fraction of sp³-hybridized carbons (Fsp3) is 0.727. The van der Waals surface area contributed by atoms with E-state index in [1.807, 2.05) is 0 Å². The summed E-state index contributed by atoms with van der Waals surface area (Å²) >= 11 is 0. The van der Waals surface area contributed by atoms with Crippen molar-refractivity contribution in [3.63, 3.8) is 0 Å². The molecule has 102 valence electrons. The summed E-state index contributed by atoms with van der Waals surface area (Å²) in [5.74, 6) is 0.946. The lowest BCUT2D eigenvalue weighted by atomic mass is 10.4. The van der Waals surface area contributed by atoms with Crippen LogP contribution in [-0.4, -0.2) is 42.3 Å². The third-order valence-electron chi connectivity index (χ3n) is 2.25. The highest BCUT2D eigenvalue weighted by atomic mass is 16.6. The molecule has 0 aliphatic carbocycles. The van der Waals surface area contributed by atoms with E-state index in [0.29, 0.717) is 11.9 Å². The Balaban J connectivity index is 2.99. The smallest absolute Gasteiger partial charge is 0.322 e. The Morgan fingerprint density at radius 2 is 1.72 bits per heavy atom. The Bertz CT molecular complexity index is 355. The lowest BCUT2D eigenvalue weighted by Crippen LogP contribution is -2.27. The molecule has 0 aliphatic rings. The normalized spacial score (nSPS) is 10.2. The van der Waals surface area contributed by atoms with Gasteiger partial charge in [0.1, 0.15) is 0 Å². The molecule has 0 spiro atoms. The van der Waals surface area contributed by atoms with E-state index in [4.69, 9.17) is 9.57 Å². The Hall–Kier alpha value is -1.63. The number of hydrogen-bond donors (Lipinski definition) is 1. The highest BCUT2D eigenvalue weighted by Gasteiger charge is 2.12. The molecule has 0 saturated carbocycles. The highest BCUT2D eigenvalue weighted by molar-refractivity contribution is 5.37. The average Bonchev–Trinajstić information content (AvgIpc) is 2.38. The Morgan fingerprint density at radius 3 is 2.22 bits per heavy atom. The Morgan fingerprint density at radius 1 is 1.06 bits per heavy atom. The van der Waals surface area contributed by atoms with Gasteiger partial charge in [0.2, 0.25) is 5.95 Å². The molecule has 1 aromatic rings. The van der Waals surface area contributed by atoms with Gasteiger partial charge in [0.15, 0.2) is 0 Å². The van der Waals surface area contributed by atoms with E-state index in [1.54, 1.807) is 0 Å². The molecule has 0 atom stereocenters. The van der Waals surface area contributed by atoms with Crippen LogP contribution in [0.25, 0.3) is 0 Å². The first-order chi connectivity index (χ1) is 8.74. The summed E-state index contributed by atoms with van der Waals surface area (Å²) in [5, 5.41) is 0. The van der Waals surface area contributed by atoms with Gasteiger partial charge in [-0.25, -0.2) is 5.48 Å². The van der Waals surface area contributed by atoms with Gasteiger partial charge in [0.25, 0.3) is 5.95 Å². The number of ether oxygens (including phenoxy) is 1. The lowest BCUT2D eigenvalue weighted by Gasteiger charge is -2.21. The number of hydrogen-bond acceptors (Lipinski definition) is 7. The first-order valence-electron chi connectivity index (χ1n) is 6.09. The molecule has 0 bridgehead atoms. The second-order valence-corrected chi connectivity index (χ2v) is 3.74. The second-order valence-electron chi connectivity index (χ2n) is 3.74. The third kappa shape index (κ3) is 3.99. The number of rotatable bonds is 8. The van der Waals surface area contributed by atoms with Gasteiger partial charge in [-0.3, -0.25) is 4.84 Å². The molecule has 1 aromatic heterocycles. The summed E-state index contributed by atoms with van der Waals surface area (Å²) in [4.78, 5) is 19.5. The number of anilines is 2. The van der Waals surface area contributed by atoms with Crippen molar-refractivity contribution in [3.05, 3.63) is 0 Å². The molecule has 0 aliphatic heterocycles. The number of nitrogens with one attached hydrogen (secondary N) is 1. The second kappa shape index (κ2) is 7.65. The maximum Gasteiger partial charge on any atom is 0.322 e. The molecular formula is C11H21N5O2. The SMILES string of the molecule is CCCN(CCC)c1nc(NOC)nc(OC)n1. The van der Waals surface area contributed by atoms with E-state index < -0.39 is 0 Å². The van der Waals surface area contributed by atoms with Crippen LogP contribution in [0.1, 0.15) is 26.7 Å². The van der Waals surface area contributed by atoms with Gasteiger partial charge >= 0.3 is 6.01 Å². The van der Waals surface area contributed by atoms with E-state index in [9.17, 15) is 0 Å². The van der Waals surface area contributed by atoms with Crippen molar-refractivity contribution in [2.45, 2.75) is 26.7 Å². The van der Waals surface area contributed by atoms with Gasteiger partial charge in [-0.1, -0.05) is 13.8 Å². The van der Waals surface area contributed by atoms with Gasteiger partial charge < -0.3 is 9.64 Å². The summed E-state index contributed by atoms with van der Waals surface area (Å²) < 4.78 is 5.06. The maximum absolute atomic E-state index is 5.06. The van der Waals surface area contributed by atoms with Crippen molar-refractivity contribution in [2.24, 2.45) is 0 Å². The van der Waals surface area contributed by atoms with Gasteiger partial charge in [0.05, 0.1) is 14.2 Å². The van der Waals surface area contributed by atoms with Crippen LogP contribution in [0.5, 0.6) is 6.01 Å². The van der Waals surface area contributed by atoms with Crippen LogP contribution in [0.2, 0.25) is 0 Å². The number of nitrogens with zero attached hydrogens (tertiary/aromatic N) is 4. The van der Waals surface area contributed by atoms with E-state index in [-0.39, 0.29) is 6.01 Å². The molecule has 0 unspecified atom stereocenters. The summed E-state index contributed by atoms with van der Waals surface area (Å²) in [6.07, 6.45) is 2.06. The van der Waals surface area contributed by atoms with Crippen molar-refractivity contribution in [1.29, 1.82) is 0 Å². The highest BCUT2D eigenvalue weighted by Crippen LogP contribution is 2.15. The molecule has 18 heavy (non-hydrogen) atoms. The standard InChI is InChI=1S/C11H21N5O2/c1-5-7-16(8-6-2)10-12-9(15-18-4)13-11(14-10)17-3/h5-8H2,1-4H3,(H,12,13,14,15). The van der Waals surface area contributed by atoms with Gasteiger partial charge in [0, 0.05) is 13.1 Å². The van der Waals surface area contributed by atoms with Gasteiger partial charge in [-0.05, 0) is 12.8 Å². The molecule has 7 heteroatoms. The van der Waals surface area contributed by atoms with Crippen LogP contribution in [0.4, 0.5) is 11.9 Å². The Kier molecular flexibility index (Phi) is 6.13. The van der Waals surface area contributed by atoms with Gasteiger partial charge in [-0.15, -0.1) is 0 Å². The molecular weight excluding hydrogens is 234 g/mol. The van der Waals surface area contributed by atoms with Crippen molar-refractivity contribution in [3.8, 4) is 6.01 Å². The molecule has 7 nitrogen and oxygen atoms in total. The fourth-order valence-electron chi connectivity index (χ4n) is 1.57. The molecule has 0 amide bonds. The van der Waals surface area contributed by atoms with Crippen LogP contribution in [0.3, 0.4) is 0 Å². The van der Waals surface area contributed by atoms with Crippen molar-refractivity contribution < 1.29 is 9.57 Å². The molecule has 1 heterocycles. The first-order valence-corrected chi connectivity index (χ1v) is 6.09. The molecule has 1 N–H and O–H groups in total. The van der Waals surface area contributed by atoms with Crippen molar-refractivity contribution in [2.75, 3.05) is 37.7 Å². The molecule has 0 fully saturated rings. The monoisotopic (exact) mass is 255 g/mol. The zero-order valence-electron chi connectivity index (χ0n) is 11.4. The first kappa shape index (κ1) is 14.4. The van der Waals surface area contributed by atoms with Crippen LogP contribution in [-0.2, 0) is 4.84 Å². The summed E-state index contributed by atoms with van der Waals surface area (Å²) in [7, 11) is 3.03. The largest absolute Gasteiger partial charge is 0.467 e. The topological polar surface area (TPSA) is 72.4 Å². The number of methoxy groups -OCH3 is 1. The zero-order valence-corrected chi connectivity index (χ0v) is 11.4. The van der Waals surface area contributed by atoms with E-state index >= 15 is 0 Å². The van der Waals surface area contributed by atoms with Crippen LogP contribution < -0.4 is 15.1 Å². The van der Waals surface area contributed by atoms with Crippen LogP contribution >= 0.6 is 0 Å². The minimum absolute atomic E-state index is 0.275. The Labute approximate surface area is 108 Å². The van der Waals surface area contributed by atoms with Gasteiger partial charge in [-0.2, -0.15) is 15.0 Å². The summed E-state index contributed by atoms with van der Waals surface area (Å²) in [6, 6.07) is 0.275. The average molecular weight is 255 g/mol. The molecule has 0 radical (unpaired) electrons. The third-order valence-corrected chi connectivity index (χ3v) is 2.25. The van der Waals surface area contributed by atoms with Crippen molar-refractivity contribution in [1.82, 2.24) is 15.0 Å². The predicted octanol–water partition coefficient (Wildman–Crippen LogP) is 1.48. The van der Waals surface area contributed by atoms with E-state index in [2.05, 4.69) is 39.2 Å². The fourth-order valence-corrected chi connectivity index (χ4v) is 1.57. The zero-order chi connectivity index (χ0) is 13.4. The van der Waals surface area contributed by atoms with E-state index in [1.165, 1.54) is 14.2 Å². The van der Waals surface area contributed by atoms with Crippen LogP contribution in [0.15, 0.2) is 0 Å². The molecule has 1 rings (SSSR count). The van der Waals surface area contributed by atoms with Crippen molar-refractivity contribution >= 4 is 11.9 Å². The van der Waals surface area contributed by atoms with E-state index in [0.717, 1.165) is 25.9 Å². The van der Waals surface area contributed by atoms with Crippen LogP contribution in [0, 0.1) is 0 Å². The maximum atomic E-state index is 5.06. The summed E-state index contributed by atoms with van der Waals surface area (Å²) in [6.45, 7) is 6.03. The number of aromatic nitrogens is 3. The molecule has 0 aromatic carbocycles. The summed E-state index contributed by atoms with van der Waals surface area (Å²) in [5.41, 5.74) is 2.59. The quantitative estimate of drug-likeness (QED) is 0.705. The predicted molar refractivity (Wildman–Crippen MR) is 69.8 cm³/mol. The minimum Gasteiger partial charge on any atom is -0.467 e. The molecule has 0 saturated heterocycles. The lowest BCUT2D eigenvalue weighted by molar-refractivity contribution is 0.265. The minimum atomic E-state index is 0.275.